The molecular weight excluding hydrogens is 471 g/mol. The number of halogens is 2. The van der Waals surface area contributed by atoms with E-state index in [4.69, 9.17) is 23.2 Å². The molecule has 0 fully saturated rings. The summed E-state index contributed by atoms with van der Waals surface area (Å²) in [6.45, 7) is 0. The number of aromatic hydroxyl groups is 4. The van der Waals surface area contributed by atoms with Gasteiger partial charge in [-0.15, -0.1) is 0 Å². The predicted octanol–water partition coefficient (Wildman–Crippen LogP) is 7.42. The molecule has 170 valence electrons. The van der Waals surface area contributed by atoms with Crippen molar-refractivity contribution in [2.45, 2.75) is 12.8 Å². The fraction of sp³-hybridized carbons (Fsp3) is 0.0714. The fourth-order valence-electron chi connectivity index (χ4n) is 4.28. The van der Waals surface area contributed by atoms with Gasteiger partial charge in [-0.2, -0.15) is 0 Å². The molecule has 4 aromatic rings. The van der Waals surface area contributed by atoms with Gasteiger partial charge in [0, 0.05) is 21.7 Å². The third-order valence-electron chi connectivity index (χ3n) is 6.09. The Morgan fingerprint density at radius 1 is 0.529 bits per heavy atom. The Balaban J connectivity index is 1.77. The van der Waals surface area contributed by atoms with Gasteiger partial charge in [0.1, 0.15) is 23.0 Å². The molecule has 0 unspecified atom stereocenters. The summed E-state index contributed by atoms with van der Waals surface area (Å²) in [5.41, 5.74) is 5.33. The number of phenols is 4. The van der Waals surface area contributed by atoms with Gasteiger partial charge in [0.2, 0.25) is 0 Å². The van der Waals surface area contributed by atoms with Crippen LogP contribution in [0.2, 0.25) is 10.0 Å². The first kappa shape index (κ1) is 22.2. The highest BCUT2D eigenvalue weighted by atomic mass is 35.5. The molecule has 0 spiro atoms. The molecule has 6 bridgehead atoms. The maximum absolute atomic E-state index is 10.9. The summed E-state index contributed by atoms with van der Waals surface area (Å²) >= 11 is 12.8. The number of hydrogen-bond donors (Lipinski definition) is 4. The zero-order valence-corrected chi connectivity index (χ0v) is 19.4. The quantitative estimate of drug-likeness (QED) is 0.206. The smallest absolute Gasteiger partial charge is 0.134 e. The van der Waals surface area contributed by atoms with E-state index in [2.05, 4.69) is 0 Å². The lowest BCUT2D eigenvalue weighted by Gasteiger charge is -2.16. The average Bonchev–Trinajstić information content (AvgIpc) is 2.81. The van der Waals surface area contributed by atoms with Gasteiger partial charge in [0.05, 0.1) is 5.02 Å². The van der Waals surface area contributed by atoms with Crippen LogP contribution in [0.3, 0.4) is 0 Å². The number of fused-ring (bicyclic) bond motifs is 3. The molecule has 2 aliphatic rings. The Morgan fingerprint density at radius 3 is 2.00 bits per heavy atom. The molecule has 4 aromatic carbocycles. The van der Waals surface area contributed by atoms with Crippen molar-refractivity contribution in [1.29, 1.82) is 0 Å². The number of phenolic OH excluding ortho intramolecular Hbond substituents is 4. The van der Waals surface area contributed by atoms with E-state index in [0.717, 1.165) is 16.7 Å². The Morgan fingerprint density at radius 2 is 1.21 bits per heavy atom. The highest BCUT2D eigenvalue weighted by Crippen LogP contribution is 2.42. The van der Waals surface area contributed by atoms with E-state index >= 15 is 0 Å². The summed E-state index contributed by atoms with van der Waals surface area (Å²) in [6, 6.07) is 16.9. The van der Waals surface area contributed by atoms with Crippen molar-refractivity contribution in [3.63, 3.8) is 0 Å². The van der Waals surface area contributed by atoms with Crippen molar-refractivity contribution in [2.24, 2.45) is 0 Å². The second-order valence-electron chi connectivity index (χ2n) is 8.31. The first-order valence-electron chi connectivity index (χ1n) is 10.7. The first-order chi connectivity index (χ1) is 16.3. The number of aryl methyl sites for hydroxylation is 2. The number of benzene rings is 4. The summed E-state index contributed by atoms with van der Waals surface area (Å²) in [6.07, 6.45) is 4.69. The van der Waals surface area contributed by atoms with E-state index in [0.29, 0.717) is 45.7 Å². The minimum absolute atomic E-state index is 0.0393. The largest absolute Gasteiger partial charge is 0.507 e. The van der Waals surface area contributed by atoms with Crippen LogP contribution in [0.5, 0.6) is 23.0 Å². The molecule has 0 atom stereocenters. The Hall–Kier alpha value is -3.60. The highest BCUT2D eigenvalue weighted by Gasteiger charge is 2.17. The lowest BCUT2D eigenvalue weighted by Crippen LogP contribution is -1.97. The molecule has 0 aliphatic heterocycles. The van der Waals surface area contributed by atoms with Crippen LogP contribution in [-0.2, 0) is 12.8 Å². The number of rotatable bonds is 0. The highest BCUT2D eigenvalue weighted by molar-refractivity contribution is 6.33. The van der Waals surface area contributed by atoms with Gasteiger partial charge in [0.25, 0.3) is 0 Å². The van der Waals surface area contributed by atoms with Gasteiger partial charge in [-0.3, -0.25) is 0 Å². The summed E-state index contributed by atoms with van der Waals surface area (Å²) in [5, 5.41) is 42.8. The van der Waals surface area contributed by atoms with Crippen molar-refractivity contribution in [2.75, 3.05) is 0 Å². The van der Waals surface area contributed by atoms with Crippen LogP contribution >= 0.6 is 23.2 Å². The third kappa shape index (κ3) is 4.07. The zero-order chi connectivity index (χ0) is 24.0. The van der Waals surface area contributed by atoms with Crippen molar-refractivity contribution in [1.82, 2.24) is 0 Å². The second kappa shape index (κ2) is 8.64. The van der Waals surface area contributed by atoms with Crippen LogP contribution in [0, 0.1) is 0 Å². The molecule has 0 amide bonds. The average molecular weight is 491 g/mol. The molecule has 2 aliphatic carbocycles. The molecule has 0 saturated carbocycles. The third-order valence-corrected chi connectivity index (χ3v) is 6.72. The van der Waals surface area contributed by atoms with Gasteiger partial charge >= 0.3 is 0 Å². The van der Waals surface area contributed by atoms with Crippen molar-refractivity contribution >= 4 is 35.4 Å². The fourth-order valence-corrected chi connectivity index (χ4v) is 4.67. The van der Waals surface area contributed by atoms with Gasteiger partial charge < -0.3 is 20.4 Å². The van der Waals surface area contributed by atoms with Crippen LogP contribution in [0.4, 0.5) is 0 Å². The maximum Gasteiger partial charge on any atom is 0.134 e. The van der Waals surface area contributed by atoms with Crippen LogP contribution in [0.15, 0.2) is 60.7 Å². The van der Waals surface area contributed by atoms with Gasteiger partial charge in [-0.25, -0.2) is 0 Å². The van der Waals surface area contributed by atoms with E-state index in [1.165, 1.54) is 0 Å². The monoisotopic (exact) mass is 490 g/mol. The Labute approximate surface area is 206 Å². The SMILES string of the molecule is Oc1cc2c(cc1Cl)-c1cc(Cl)c(cc1O)/C=C\c1ccc(O)c(c1)-c1cc(ccc1O)CC2. The van der Waals surface area contributed by atoms with E-state index in [-0.39, 0.29) is 28.0 Å². The van der Waals surface area contributed by atoms with E-state index in [9.17, 15) is 20.4 Å². The minimum atomic E-state index is -0.0481. The maximum atomic E-state index is 10.9. The zero-order valence-electron chi connectivity index (χ0n) is 17.9. The molecule has 0 saturated heterocycles. The predicted molar refractivity (Wildman–Crippen MR) is 137 cm³/mol. The van der Waals surface area contributed by atoms with Crippen molar-refractivity contribution in [3.8, 4) is 45.3 Å². The van der Waals surface area contributed by atoms with Gasteiger partial charge in [0.15, 0.2) is 0 Å². The molecular formula is C28H20Cl2O4. The van der Waals surface area contributed by atoms with E-state index in [1.54, 1.807) is 54.6 Å². The standard InChI is InChI=1S/C28H20Cl2O4/c29-23-14-22-19-13-24(30)28(34)11-17(19)5-1-15-3-7-25(31)20(9-15)21-10-16(4-8-26(21)32)2-6-18(23)12-27(22)33/h2-4,6-14,31-34H,1,5H2/b6-2-. The molecule has 4 N–H and O–H groups in total. The second-order valence-corrected chi connectivity index (χ2v) is 9.13. The summed E-state index contributed by atoms with van der Waals surface area (Å²) in [7, 11) is 0. The first-order valence-corrected chi connectivity index (χ1v) is 11.4. The Kier molecular flexibility index (Phi) is 5.64. The molecule has 0 radical (unpaired) electrons. The molecule has 6 rings (SSSR count). The van der Waals surface area contributed by atoms with Crippen LogP contribution in [-0.4, -0.2) is 20.4 Å². The normalized spacial score (nSPS) is 13.5. The van der Waals surface area contributed by atoms with Crippen LogP contribution in [0.1, 0.15) is 22.3 Å². The molecule has 4 nitrogen and oxygen atoms in total. The molecule has 0 heterocycles. The van der Waals surface area contributed by atoms with E-state index < -0.39 is 0 Å². The minimum Gasteiger partial charge on any atom is -0.507 e. The van der Waals surface area contributed by atoms with Crippen LogP contribution in [0.25, 0.3) is 34.4 Å². The summed E-state index contributed by atoms with van der Waals surface area (Å²) in [5.74, 6) is 0.107. The Bertz CT molecular complexity index is 1470. The topological polar surface area (TPSA) is 80.9 Å². The lowest BCUT2D eigenvalue weighted by molar-refractivity contribution is 0.469. The van der Waals surface area contributed by atoms with Gasteiger partial charge in [-0.05, 0) is 89.2 Å². The van der Waals surface area contributed by atoms with Crippen molar-refractivity contribution < 1.29 is 20.4 Å². The summed E-state index contributed by atoms with van der Waals surface area (Å²) in [4.78, 5) is 0. The van der Waals surface area contributed by atoms with Crippen LogP contribution < -0.4 is 0 Å². The summed E-state index contributed by atoms with van der Waals surface area (Å²) < 4.78 is 0. The van der Waals surface area contributed by atoms with Crippen molar-refractivity contribution in [3.05, 3.63) is 93.0 Å². The van der Waals surface area contributed by atoms with E-state index in [1.807, 2.05) is 18.2 Å². The molecule has 6 heteroatoms. The van der Waals surface area contributed by atoms with Gasteiger partial charge in [-0.1, -0.05) is 47.5 Å². The molecule has 34 heavy (non-hydrogen) atoms. The number of hydrogen-bond acceptors (Lipinski definition) is 4. The molecule has 0 aromatic heterocycles. The lowest BCUT2D eigenvalue weighted by atomic mass is 9.92.